The third kappa shape index (κ3) is 3.67. The van der Waals surface area contributed by atoms with Gasteiger partial charge in [-0.1, -0.05) is 12.1 Å². The normalized spacial score (nSPS) is 10.4. The second-order valence-corrected chi connectivity index (χ2v) is 4.51. The predicted molar refractivity (Wildman–Crippen MR) is 71.9 cm³/mol. The van der Waals surface area contributed by atoms with E-state index in [1.54, 1.807) is 12.1 Å². The van der Waals surface area contributed by atoms with Gasteiger partial charge in [-0.15, -0.1) is 0 Å². The lowest BCUT2D eigenvalue weighted by Crippen LogP contribution is -2.16. The van der Waals surface area contributed by atoms with Gasteiger partial charge >= 0.3 is 0 Å². The van der Waals surface area contributed by atoms with Crippen molar-refractivity contribution in [3.8, 4) is 6.07 Å². The summed E-state index contributed by atoms with van der Waals surface area (Å²) in [6.45, 7) is 1.55. The number of nitriles is 1. The molecule has 1 aromatic carbocycles. The molecule has 2 rings (SSSR count). The first-order chi connectivity index (χ1) is 9.19. The third-order valence-corrected chi connectivity index (χ3v) is 3.01. The highest BCUT2D eigenvalue weighted by Crippen LogP contribution is 2.06. The number of aromatic nitrogens is 1. The minimum Gasteiger partial charge on any atom is -0.342 e. The Bertz CT molecular complexity index is 578. The van der Waals surface area contributed by atoms with Gasteiger partial charge < -0.3 is 9.88 Å². The third-order valence-electron chi connectivity index (χ3n) is 3.01. The van der Waals surface area contributed by atoms with Crippen LogP contribution in [-0.4, -0.2) is 11.1 Å². The first-order valence-electron chi connectivity index (χ1n) is 6.19. The summed E-state index contributed by atoms with van der Waals surface area (Å²) in [5.41, 5.74) is 2.87. The predicted octanol–water partition coefficient (Wildman–Crippen LogP) is 2.37. The summed E-state index contributed by atoms with van der Waals surface area (Å²) in [5, 5.41) is 12.2. The smallest absolute Gasteiger partial charge is 0.123 e. The molecule has 0 aliphatic carbocycles. The van der Waals surface area contributed by atoms with Crippen molar-refractivity contribution < 1.29 is 4.39 Å². The maximum atomic E-state index is 12.7. The standard InChI is InChI=1S/C15H16FN3/c1-19-11-13(8-15(19)9-17)10-18-7-6-12-2-4-14(16)5-3-12/h2-5,8,11,18H,6-7,10H2,1H3. The summed E-state index contributed by atoms with van der Waals surface area (Å²) in [6.07, 6.45) is 2.81. The number of rotatable bonds is 5. The Hall–Kier alpha value is -2.12. The van der Waals surface area contributed by atoms with Gasteiger partial charge in [0, 0.05) is 19.8 Å². The van der Waals surface area contributed by atoms with Crippen LogP contribution in [0.25, 0.3) is 0 Å². The highest BCUT2D eigenvalue weighted by Gasteiger charge is 2.01. The second kappa shape index (κ2) is 6.17. The minimum atomic E-state index is -0.204. The van der Waals surface area contributed by atoms with E-state index in [0.29, 0.717) is 5.69 Å². The molecule has 0 spiro atoms. The van der Waals surface area contributed by atoms with Crippen molar-refractivity contribution in [3.63, 3.8) is 0 Å². The molecular weight excluding hydrogens is 241 g/mol. The zero-order valence-corrected chi connectivity index (χ0v) is 10.9. The summed E-state index contributed by atoms with van der Waals surface area (Å²) in [6, 6.07) is 10.6. The molecule has 0 saturated carbocycles. The fraction of sp³-hybridized carbons (Fsp3) is 0.267. The topological polar surface area (TPSA) is 40.8 Å². The van der Waals surface area contributed by atoms with Gasteiger partial charge in [0.05, 0.1) is 0 Å². The Morgan fingerprint density at radius 2 is 2.00 bits per heavy atom. The molecule has 1 heterocycles. The fourth-order valence-corrected chi connectivity index (χ4v) is 1.96. The van der Waals surface area contributed by atoms with Crippen molar-refractivity contribution in [2.24, 2.45) is 7.05 Å². The van der Waals surface area contributed by atoms with Gasteiger partial charge in [-0.25, -0.2) is 4.39 Å². The zero-order chi connectivity index (χ0) is 13.7. The average molecular weight is 257 g/mol. The molecule has 1 N–H and O–H groups in total. The highest BCUT2D eigenvalue weighted by molar-refractivity contribution is 5.28. The maximum absolute atomic E-state index is 12.7. The number of nitrogens with zero attached hydrogens (tertiary/aromatic N) is 2. The molecule has 3 nitrogen and oxygen atoms in total. The molecule has 4 heteroatoms. The van der Waals surface area contributed by atoms with Crippen molar-refractivity contribution in [2.75, 3.05) is 6.54 Å². The minimum absolute atomic E-state index is 0.204. The lowest BCUT2D eigenvalue weighted by molar-refractivity contribution is 0.626. The molecule has 0 aliphatic heterocycles. The van der Waals surface area contributed by atoms with Gasteiger partial charge in [-0.3, -0.25) is 0 Å². The van der Waals surface area contributed by atoms with E-state index < -0.39 is 0 Å². The Morgan fingerprint density at radius 1 is 1.26 bits per heavy atom. The highest BCUT2D eigenvalue weighted by atomic mass is 19.1. The SMILES string of the molecule is Cn1cc(CNCCc2ccc(F)cc2)cc1C#N. The number of halogens is 1. The van der Waals surface area contributed by atoms with Gasteiger partial charge in [0.2, 0.25) is 0 Å². The number of aryl methyl sites for hydroxylation is 1. The molecule has 98 valence electrons. The molecule has 2 aromatic rings. The van der Waals surface area contributed by atoms with Crippen molar-refractivity contribution in [2.45, 2.75) is 13.0 Å². The van der Waals surface area contributed by atoms with Crippen molar-refractivity contribution >= 4 is 0 Å². The molecular formula is C15H16FN3. The van der Waals surface area contributed by atoms with Crippen LogP contribution in [0.2, 0.25) is 0 Å². The lowest BCUT2D eigenvalue weighted by Gasteiger charge is -2.03. The molecule has 0 amide bonds. The van der Waals surface area contributed by atoms with Crippen LogP contribution in [0, 0.1) is 17.1 Å². The summed E-state index contributed by atoms with van der Waals surface area (Å²) < 4.78 is 14.5. The first-order valence-corrected chi connectivity index (χ1v) is 6.19. The van der Waals surface area contributed by atoms with Crippen LogP contribution in [0.1, 0.15) is 16.8 Å². The maximum Gasteiger partial charge on any atom is 0.123 e. The molecule has 0 unspecified atom stereocenters. The zero-order valence-electron chi connectivity index (χ0n) is 10.9. The van der Waals surface area contributed by atoms with Crippen LogP contribution in [0.4, 0.5) is 4.39 Å². The number of nitrogens with one attached hydrogen (secondary N) is 1. The van der Waals surface area contributed by atoms with E-state index in [4.69, 9.17) is 5.26 Å². The van der Waals surface area contributed by atoms with Crippen LogP contribution >= 0.6 is 0 Å². The van der Waals surface area contributed by atoms with E-state index in [1.807, 2.05) is 23.9 Å². The molecule has 0 aliphatic rings. The van der Waals surface area contributed by atoms with Crippen LogP contribution in [0.5, 0.6) is 0 Å². The Labute approximate surface area is 112 Å². The van der Waals surface area contributed by atoms with Crippen LogP contribution < -0.4 is 5.32 Å². The van der Waals surface area contributed by atoms with Gasteiger partial charge in [-0.05, 0) is 42.3 Å². The molecule has 0 bridgehead atoms. The fourth-order valence-electron chi connectivity index (χ4n) is 1.96. The molecule has 0 atom stereocenters. The number of benzene rings is 1. The Morgan fingerprint density at radius 3 is 2.63 bits per heavy atom. The quantitative estimate of drug-likeness (QED) is 0.835. The van der Waals surface area contributed by atoms with E-state index >= 15 is 0 Å². The van der Waals surface area contributed by atoms with Crippen molar-refractivity contribution in [1.29, 1.82) is 5.26 Å². The van der Waals surface area contributed by atoms with E-state index in [0.717, 1.165) is 30.6 Å². The van der Waals surface area contributed by atoms with E-state index in [-0.39, 0.29) is 5.82 Å². The summed E-state index contributed by atoms with van der Waals surface area (Å²) in [5.74, 6) is -0.204. The van der Waals surface area contributed by atoms with Crippen molar-refractivity contribution in [3.05, 3.63) is 59.2 Å². The van der Waals surface area contributed by atoms with Crippen LogP contribution in [0.3, 0.4) is 0 Å². The Kier molecular flexibility index (Phi) is 4.32. The number of hydrogen-bond donors (Lipinski definition) is 1. The van der Waals surface area contributed by atoms with Gasteiger partial charge in [0.25, 0.3) is 0 Å². The van der Waals surface area contributed by atoms with Gasteiger partial charge in [0.1, 0.15) is 17.6 Å². The summed E-state index contributed by atoms with van der Waals surface area (Å²) >= 11 is 0. The summed E-state index contributed by atoms with van der Waals surface area (Å²) in [4.78, 5) is 0. The molecule has 0 fully saturated rings. The second-order valence-electron chi connectivity index (χ2n) is 4.51. The van der Waals surface area contributed by atoms with Crippen LogP contribution in [0.15, 0.2) is 36.5 Å². The van der Waals surface area contributed by atoms with E-state index in [2.05, 4.69) is 11.4 Å². The lowest BCUT2D eigenvalue weighted by atomic mass is 10.1. The molecule has 0 saturated heterocycles. The van der Waals surface area contributed by atoms with Crippen molar-refractivity contribution in [1.82, 2.24) is 9.88 Å². The number of hydrogen-bond acceptors (Lipinski definition) is 2. The van der Waals surface area contributed by atoms with Crippen LogP contribution in [-0.2, 0) is 20.0 Å². The first kappa shape index (κ1) is 13.3. The summed E-state index contributed by atoms with van der Waals surface area (Å²) in [7, 11) is 1.86. The molecule has 1 aromatic heterocycles. The van der Waals surface area contributed by atoms with Gasteiger partial charge in [-0.2, -0.15) is 5.26 Å². The molecule has 0 radical (unpaired) electrons. The van der Waals surface area contributed by atoms with Gasteiger partial charge in [0.15, 0.2) is 0 Å². The largest absolute Gasteiger partial charge is 0.342 e. The van der Waals surface area contributed by atoms with E-state index in [9.17, 15) is 4.39 Å². The average Bonchev–Trinajstić information content (AvgIpc) is 2.77. The molecule has 19 heavy (non-hydrogen) atoms. The Balaban J connectivity index is 1.77. The van der Waals surface area contributed by atoms with E-state index in [1.165, 1.54) is 12.1 Å². The monoisotopic (exact) mass is 257 g/mol.